The van der Waals surface area contributed by atoms with E-state index in [0.29, 0.717) is 47.7 Å². The number of halogens is 4. The van der Waals surface area contributed by atoms with Gasteiger partial charge in [0.1, 0.15) is 0 Å². The lowest BCUT2D eigenvalue weighted by molar-refractivity contribution is -0.141. The van der Waals surface area contributed by atoms with Crippen molar-refractivity contribution in [2.45, 2.75) is 44.4 Å². The third-order valence-electron chi connectivity index (χ3n) is 5.10. The standard InChI is InChI=1S/C21H22ClF3N6S/c22-16-5-2-1-4-15(16)13-30-11-8-19(29-30)27-20(32)26-9-3-10-31-17(14-6-7-14)12-18(28-31)21(23,24)25/h1-2,4-5,8,11-12,14H,3,6-7,9-10,13H2,(H2,26,27,29,32). The SMILES string of the molecule is FC(F)(F)c1cc(C2CC2)n(CCCNC(=S)Nc2ccn(Cc3ccccc3Cl)n2)n1. The van der Waals surface area contributed by atoms with E-state index in [0.717, 1.165) is 18.4 Å². The van der Waals surface area contributed by atoms with Gasteiger partial charge < -0.3 is 10.6 Å². The zero-order valence-corrected chi connectivity index (χ0v) is 18.6. The molecule has 1 fully saturated rings. The van der Waals surface area contributed by atoms with Gasteiger partial charge in [-0.25, -0.2) is 0 Å². The number of nitrogens with zero attached hydrogens (tertiary/aromatic N) is 4. The zero-order valence-electron chi connectivity index (χ0n) is 17.1. The summed E-state index contributed by atoms with van der Waals surface area (Å²) < 4.78 is 42.2. The number of aromatic nitrogens is 4. The Kier molecular flexibility index (Phi) is 6.71. The number of nitrogens with one attached hydrogen (secondary N) is 2. The van der Waals surface area contributed by atoms with Crippen LogP contribution >= 0.6 is 23.8 Å². The molecule has 2 heterocycles. The Morgan fingerprint density at radius 1 is 1.19 bits per heavy atom. The lowest BCUT2D eigenvalue weighted by atomic mass is 10.2. The molecule has 2 aromatic heterocycles. The molecule has 0 radical (unpaired) electrons. The normalized spacial score (nSPS) is 13.9. The van der Waals surface area contributed by atoms with E-state index in [1.165, 1.54) is 10.7 Å². The molecule has 1 aromatic carbocycles. The van der Waals surface area contributed by atoms with Crippen LogP contribution in [-0.2, 0) is 19.3 Å². The first-order valence-electron chi connectivity index (χ1n) is 10.3. The summed E-state index contributed by atoms with van der Waals surface area (Å²) in [7, 11) is 0. The minimum absolute atomic E-state index is 0.190. The number of benzene rings is 1. The van der Waals surface area contributed by atoms with Gasteiger partial charge in [-0.1, -0.05) is 29.8 Å². The van der Waals surface area contributed by atoms with Gasteiger partial charge >= 0.3 is 6.18 Å². The van der Waals surface area contributed by atoms with Gasteiger partial charge in [-0.3, -0.25) is 9.36 Å². The fraction of sp³-hybridized carbons (Fsp3) is 0.381. The van der Waals surface area contributed by atoms with Gasteiger partial charge in [0, 0.05) is 42.0 Å². The summed E-state index contributed by atoms with van der Waals surface area (Å²) in [6.07, 6.45) is -0.185. The lowest BCUT2D eigenvalue weighted by Crippen LogP contribution is -2.30. The van der Waals surface area contributed by atoms with E-state index >= 15 is 0 Å². The quantitative estimate of drug-likeness (QED) is 0.347. The number of aryl methyl sites for hydroxylation is 1. The van der Waals surface area contributed by atoms with Crippen molar-refractivity contribution in [3.05, 3.63) is 64.6 Å². The maximum atomic E-state index is 13.0. The lowest BCUT2D eigenvalue weighted by Gasteiger charge is -2.10. The molecule has 2 N–H and O–H groups in total. The fourth-order valence-corrected chi connectivity index (χ4v) is 3.77. The van der Waals surface area contributed by atoms with Crippen molar-refractivity contribution >= 4 is 34.7 Å². The largest absolute Gasteiger partial charge is 0.435 e. The molecule has 1 aliphatic carbocycles. The molecule has 0 saturated heterocycles. The number of anilines is 1. The van der Waals surface area contributed by atoms with Gasteiger partial charge in [0.15, 0.2) is 16.6 Å². The first kappa shape index (κ1) is 22.6. The summed E-state index contributed by atoms with van der Waals surface area (Å²) in [5, 5.41) is 15.3. The molecule has 0 atom stereocenters. The van der Waals surface area contributed by atoms with Crippen LogP contribution in [0.4, 0.5) is 19.0 Å². The van der Waals surface area contributed by atoms with Crippen molar-refractivity contribution in [3.8, 4) is 0 Å². The molecule has 170 valence electrons. The highest BCUT2D eigenvalue weighted by molar-refractivity contribution is 7.80. The van der Waals surface area contributed by atoms with Gasteiger partial charge in [0.25, 0.3) is 0 Å². The van der Waals surface area contributed by atoms with E-state index in [-0.39, 0.29) is 5.92 Å². The number of thiocarbonyl (C=S) groups is 1. The summed E-state index contributed by atoms with van der Waals surface area (Å²) in [5.74, 6) is 0.780. The van der Waals surface area contributed by atoms with E-state index in [2.05, 4.69) is 20.8 Å². The molecule has 6 nitrogen and oxygen atoms in total. The van der Waals surface area contributed by atoms with Crippen molar-refractivity contribution in [3.63, 3.8) is 0 Å². The topological polar surface area (TPSA) is 59.7 Å². The van der Waals surface area contributed by atoms with Crippen LogP contribution in [-0.4, -0.2) is 31.2 Å². The monoisotopic (exact) mass is 482 g/mol. The summed E-state index contributed by atoms with van der Waals surface area (Å²) in [4.78, 5) is 0. The van der Waals surface area contributed by atoms with E-state index in [1.54, 1.807) is 10.7 Å². The van der Waals surface area contributed by atoms with Crippen molar-refractivity contribution in [1.29, 1.82) is 0 Å². The number of hydrogen-bond donors (Lipinski definition) is 2. The Balaban J connectivity index is 1.24. The van der Waals surface area contributed by atoms with Gasteiger partial charge in [-0.2, -0.15) is 23.4 Å². The molecule has 32 heavy (non-hydrogen) atoms. The molecule has 1 saturated carbocycles. The molecular formula is C21H22ClF3N6S. The second kappa shape index (κ2) is 9.50. The van der Waals surface area contributed by atoms with Gasteiger partial charge in [-0.05, 0) is 49.2 Å². The van der Waals surface area contributed by atoms with Crippen molar-refractivity contribution < 1.29 is 13.2 Å². The summed E-state index contributed by atoms with van der Waals surface area (Å²) in [6, 6.07) is 10.5. The minimum Gasteiger partial charge on any atom is -0.362 e. The number of rotatable bonds is 8. The Labute approximate surface area is 193 Å². The maximum Gasteiger partial charge on any atom is 0.435 e. The van der Waals surface area contributed by atoms with Crippen molar-refractivity contribution in [2.24, 2.45) is 0 Å². The number of alkyl halides is 3. The first-order valence-corrected chi connectivity index (χ1v) is 11.0. The molecule has 0 unspecified atom stereocenters. The molecule has 0 spiro atoms. The molecular weight excluding hydrogens is 461 g/mol. The smallest absolute Gasteiger partial charge is 0.362 e. The Hall–Kier alpha value is -2.59. The second-order valence-electron chi connectivity index (χ2n) is 7.67. The van der Waals surface area contributed by atoms with Crippen LogP contribution in [0.2, 0.25) is 5.02 Å². The molecule has 0 aliphatic heterocycles. The van der Waals surface area contributed by atoms with Crippen LogP contribution in [0, 0.1) is 0 Å². The maximum absolute atomic E-state index is 13.0. The van der Waals surface area contributed by atoms with Crippen LogP contribution in [0.15, 0.2) is 42.6 Å². The zero-order chi connectivity index (χ0) is 22.7. The van der Waals surface area contributed by atoms with Crippen LogP contribution in [0.1, 0.15) is 42.1 Å². The van der Waals surface area contributed by atoms with E-state index in [9.17, 15) is 13.2 Å². The van der Waals surface area contributed by atoms with E-state index in [4.69, 9.17) is 23.8 Å². The van der Waals surface area contributed by atoms with Crippen molar-refractivity contribution in [1.82, 2.24) is 24.9 Å². The molecule has 11 heteroatoms. The Morgan fingerprint density at radius 2 is 1.97 bits per heavy atom. The fourth-order valence-electron chi connectivity index (χ4n) is 3.37. The predicted octanol–water partition coefficient (Wildman–Crippen LogP) is 5.05. The summed E-state index contributed by atoms with van der Waals surface area (Å²) in [6.45, 7) is 1.43. The average molecular weight is 483 g/mol. The summed E-state index contributed by atoms with van der Waals surface area (Å²) in [5.41, 5.74) is 0.807. The van der Waals surface area contributed by atoms with Gasteiger partial charge in [0.2, 0.25) is 0 Å². The third kappa shape index (κ3) is 5.80. The highest BCUT2D eigenvalue weighted by Gasteiger charge is 2.37. The van der Waals surface area contributed by atoms with Crippen molar-refractivity contribution in [2.75, 3.05) is 11.9 Å². The predicted molar refractivity (Wildman–Crippen MR) is 121 cm³/mol. The molecule has 0 bridgehead atoms. The van der Waals surface area contributed by atoms with Crippen LogP contribution in [0.3, 0.4) is 0 Å². The molecule has 1 aliphatic rings. The van der Waals surface area contributed by atoms with Crippen LogP contribution in [0.5, 0.6) is 0 Å². The van der Waals surface area contributed by atoms with Crippen LogP contribution < -0.4 is 10.6 Å². The average Bonchev–Trinajstić information content (AvgIpc) is 3.33. The highest BCUT2D eigenvalue weighted by atomic mass is 35.5. The van der Waals surface area contributed by atoms with Crippen LogP contribution in [0.25, 0.3) is 0 Å². The second-order valence-corrected chi connectivity index (χ2v) is 8.49. The molecule has 0 amide bonds. The highest BCUT2D eigenvalue weighted by Crippen LogP contribution is 2.42. The van der Waals surface area contributed by atoms with E-state index in [1.807, 2.05) is 30.5 Å². The third-order valence-corrected chi connectivity index (χ3v) is 5.72. The molecule has 3 aromatic rings. The van der Waals surface area contributed by atoms with Gasteiger partial charge in [0.05, 0.1) is 6.54 Å². The minimum atomic E-state index is -4.42. The molecule has 4 rings (SSSR count). The summed E-state index contributed by atoms with van der Waals surface area (Å²) >= 11 is 11.5. The Bertz CT molecular complexity index is 1090. The first-order chi connectivity index (χ1) is 15.3. The number of hydrogen-bond acceptors (Lipinski definition) is 3. The van der Waals surface area contributed by atoms with Gasteiger partial charge in [-0.15, -0.1) is 0 Å². The Morgan fingerprint density at radius 3 is 2.69 bits per heavy atom. The van der Waals surface area contributed by atoms with E-state index < -0.39 is 11.9 Å².